The molecular weight excluding hydrogens is 228 g/mol. The molecule has 1 fully saturated rings. The number of carboxylic acids is 1. The number of terminal acetylenes is 1. The summed E-state index contributed by atoms with van der Waals surface area (Å²) in [5.41, 5.74) is -1.09. The van der Waals surface area contributed by atoms with Crippen LogP contribution in [0.25, 0.3) is 0 Å². The van der Waals surface area contributed by atoms with Crippen LogP contribution in [0.4, 0.5) is 5.13 Å². The van der Waals surface area contributed by atoms with Crippen molar-refractivity contribution in [3.05, 3.63) is 11.1 Å². The van der Waals surface area contributed by atoms with Crippen molar-refractivity contribution in [2.75, 3.05) is 18.0 Å². The van der Waals surface area contributed by atoms with Gasteiger partial charge in [0.2, 0.25) is 0 Å². The van der Waals surface area contributed by atoms with Crippen molar-refractivity contribution in [3.8, 4) is 12.3 Å². The number of aliphatic hydroxyl groups is 1. The third kappa shape index (κ3) is 1.87. The van der Waals surface area contributed by atoms with Crippen molar-refractivity contribution < 1.29 is 15.0 Å². The number of rotatable bonds is 2. The van der Waals surface area contributed by atoms with Crippen molar-refractivity contribution in [2.24, 2.45) is 0 Å². The first-order valence-corrected chi connectivity index (χ1v) is 5.56. The quantitative estimate of drug-likeness (QED) is 0.730. The topological polar surface area (TPSA) is 73.7 Å². The van der Waals surface area contributed by atoms with Crippen LogP contribution in [0.5, 0.6) is 0 Å². The molecule has 1 aliphatic heterocycles. The summed E-state index contributed by atoms with van der Waals surface area (Å²) >= 11 is 1.24. The number of nitrogens with zero attached hydrogens (tertiary/aromatic N) is 2. The number of hydrogen-bond donors (Lipinski definition) is 2. The van der Waals surface area contributed by atoms with Gasteiger partial charge in [-0.1, -0.05) is 5.92 Å². The van der Waals surface area contributed by atoms with Crippen LogP contribution in [-0.4, -0.2) is 39.9 Å². The second-order valence-corrected chi connectivity index (χ2v) is 4.50. The molecule has 0 aromatic carbocycles. The van der Waals surface area contributed by atoms with Crippen LogP contribution in [0.1, 0.15) is 16.9 Å². The van der Waals surface area contributed by atoms with Crippen molar-refractivity contribution in [3.63, 3.8) is 0 Å². The molecule has 1 aromatic rings. The zero-order chi connectivity index (χ0) is 11.8. The van der Waals surface area contributed by atoms with Crippen LogP contribution >= 0.6 is 11.3 Å². The fraction of sp³-hybridized carbons (Fsp3) is 0.400. The summed E-state index contributed by atoms with van der Waals surface area (Å²) in [6.07, 6.45) is 5.70. The molecule has 0 radical (unpaired) electrons. The summed E-state index contributed by atoms with van der Waals surface area (Å²) in [7, 11) is 0. The van der Waals surface area contributed by atoms with E-state index in [0.29, 0.717) is 24.6 Å². The number of thiazole rings is 1. The van der Waals surface area contributed by atoms with Gasteiger partial charge in [-0.15, -0.1) is 17.8 Å². The molecule has 1 aliphatic rings. The summed E-state index contributed by atoms with van der Waals surface area (Å²) in [6, 6.07) is 0. The Labute approximate surface area is 96.3 Å². The smallest absolute Gasteiger partial charge is 0.355 e. The van der Waals surface area contributed by atoms with Gasteiger partial charge in [-0.25, -0.2) is 9.78 Å². The van der Waals surface area contributed by atoms with E-state index in [0.717, 1.165) is 0 Å². The third-order valence-electron chi connectivity index (χ3n) is 2.50. The highest BCUT2D eigenvalue weighted by molar-refractivity contribution is 7.13. The summed E-state index contributed by atoms with van der Waals surface area (Å²) in [5, 5.41) is 20.6. The minimum atomic E-state index is -1.12. The van der Waals surface area contributed by atoms with E-state index in [-0.39, 0.29) is 5.69 Å². The van der Waals surface area contributed by atoms with Crippen LogP contribution in [0, 0.1) is 12.3 Å². The van der Waals surface area contributed by atoms with Gasteiger partial charge in [0.05, 0.1) is 6.54 Å². The van der Waals surface area contributed by atoms with Gasteiger partial charge >= 0.3 is 5.97 Å². The summed E-state index contributed by atoms with van der Waals surface area (Å²) in [4.78, 5) is 16.4. The van der Waals surface area contributed by atoms with Gasteiger partial charge in [0.25, 0.3) is 0 Å². The minimum absolute atomic E-state index is 0.0242. The van der Waals surface area contributed by atoms with Crippen molar-refractivity contribution in [1.29, 1.82) is 0 Å². The first kappa shape index (κ1) is 10.9. The zero-order valence-electron chi connectivity index (χ0n) is 8.38. The normalized spacial score (nSPS) is 24.4. The molecule has 84 valence electrons. The predicted octanol–water partition coefficient (Wildman–Crippen LogP) is 0.416. The maximum absolute atomic E-state index is 10.7. The van der Waals surface area contributed by atoms with Gasteiger partial charge < -0.3 is 15.1 Å². The number of hydrogen-bond acceptors (Lipinski definition) is 5. The molecule has 1 aromatic heterocycles. The molecule has 0 spiro atoms. The van der Waals surface area contributed by atoms with Crippen LogP contribution in [-0.2, 0) is 0 Å². The lowest BCUT2D eigenvalue weighted by Crippen LogP contribution is -2.31. The van der Waals surface area contributed by atoms with Gasteiger partial charge in [-0.2, -0.15) is 0 Å². The standard InChI is InChI=1S/C10H10N2O3S/c1-2-10(15)3-4-12(6-10)9-11-7(5-16-9)8(13)14/h1,5,15H,3-4,6H2,(H,13,14). The summed E-state index contributed by atoms with van der Waals surface area (Å²) < 4.78 is 0. The highest BCUT2D eigenvalue weighted by atomic mass is 32.1. The van der Waals surface area contributed by atoms with Crippen LogP contribution in [0.15, 0.2) is 5.38 Å². The Kier molecular flexibility index (Phi) is 2.58. The average molecular weight is 238 g/mol. The number of β-amino-alcohol motifs (C(OH)–C–C–N with tert-alkyl or cyclic N) is 1. The van der Waals surface area contributed by atoms with Crippen molar-refractivity contribution in [2.45, 2.75) is 12.0 Å². The Hall–Kier alpha value is -1.58. The average Bonchev–Trinajstić information content (AvgIpc) is 2.84. The maximum Gasteiger partial charge on any atom is 0.355 e. The minimum Gasteiger partial charge on any atom is -0.476 e. The second-order valence-electron chi connectivity index (χ2n) is 3.67. The molecule has 2 rings (SSSR count). The Morgan fingerprint density at radius 1 is 1.75 bits per heavy atom. The maximum atomic E-state index is 10.7. The lowest BCUT2D eigenvalue weighted by atomic mass is 10.1. The second kappa shape index (κ2) is 3.77. The summed E-state index contributed by atoms with van der Waals surface area (Å²) in [6.45, 7) is 0.892. The number of carbonyl (C=O) groups is 1. The third-order valence-corrected chi connectivity index (χ3v) is 3.40. The monoisotopic (exact) mass is 238 g/mol. The van der Waals surface area contributed by atoms with E-state index in [4.69, 9.17) is 11.5 Å². The molecular formula is C10H10N2O3S. The molecule has 0 saturated carbocycles. The fourth-order valence-electron chi connectivity index (χ4n) is 1.58. The molecule has 1 saturated heterocycles. The molecule has 1 unspecified atom stereocenters. The van der Waals surface area contributed by atoms with E-state index in [1.54, 1.807) is 4.90 Å². The first-order chi connectivity index (χ1) is 7.54. The SMILES string of the molecule is C#CC1(O)CCN(c2nc(C(=O)O)cs2)C1. The van der Waals surface area contributed by atoms with Crippen molar-refractivity contribution >= 4 is 22.4 Å². The number of anilines is 1. The number of aromatic carboxylic acids is 1. The largest absolute Gasteiger partial charge is 0.476 e. The van der Waals surface area contributed by atoms with E-state index in [2.05, 4.69) is 10.9 Å². The van der Waals surface area contributed by atoms with E-state index < -0.39 is 11.6 Å². The molecule has 1 atom stereocenters. The van der Waals surface area contributed by atoms with E-state index in [1.807, 2.05) is 0 Å². The highest BCUT2D eigenvalue weighted by Crippen LogP contribution is 2.28. The van der Waals surface area contributed by atoms with E-state index in [1.165, 1.54) is 16.7 Å². The molecule has 5 nitrogen and oxygen atoms in total. The highest BCUT2D eigenvalue weighted by Gasteiger charge is 2.35. The first-order valence-electron chi connectivity index (χ1n) is 4.68. The van der Waals surface area contributed by atoms with E-state index in [9.17, 15) is 9.90 Å². The lowest BCUT2D eigenvalue weighted by molar-refractivity contribution is 0.0691. The molecule has 0 aliphatic carbocycles. The Morgan fingerprint density at radius 2 is 2.50 bits per heavy atom. The molecule has 6 heteroatoms. The molecule has 2 N–H and O–H groups in total. The fourth-order valence-corrected chi connectivity index (χ4v) is 2.41. The van der Waals surface area contributed by atoms with Gasteiger partial charge in [0.15, 0.2) is 10.8 Å². The molecule has 2 heterocycles. The summed E-state index contributed by atoms with van der Waals surface area (Å²) in [5.74, 6) is 1.30. The Morgan fingerprint density at radius 3 is 3.00 bits per heavy atom. The molecule has 16 heavy (non-hydrogen) atoms. The lowest BCUT2D eigenvalue weighted by Gasteiger charge is -2.16. The number of aromatic nitrogens is 1. The van der Waals surface area contributed by atoms with Crippen LogP contribution in [0.2, 0.25) is 0 Å². The number of carboxylic acid groups (broad SMARTS) is 1. The Balaban J connectivity index is 2.15. The Bertz CT molecular complexity index is 465. The van der Waals surface area contributed by atoms with Gasteiger partial charge in [-0.05, 0) is 0 Å². The van der Waals surface area contributed by atoms with Gasteiger partial charge in [-0.3, -0.25) is 0 Å². The van der Waals surface area contributed by atoms with Crippen LogP contribution in [0.3, 0.4) is 0 Å². The van der Waals surface area contributed by atoms with Crippen LogP contribution < -0.4 is 4.90 Å². The van der Waals surface area contributed by atoms with Crippen molar-refractivity contribution in [1.82, 2.24) is 4.98 Å². The predicted molar refractivity (Wildman–Crippen MR) is 59.7 cm³/mol. The zero-order valence-corrected chi connectivity index (χ0v) is 9.20. The van der Waals surface area contributed by atoms with E-state index >= 15 is 0 Å². The van der Waals surface area contributed by atoms with Gasteiger partial charge in [0.1, 0.15) is 5.60 Å². The molecule has 0 bridgehead atoms. The van der Waals surface area contributed by atoms with Gasteiger partial charge in [0, 0.05) is 18.3 Å². The molecule has 0 amide bonds.